The fourth-order valence-corrected chi connectivity index (χ4v) is 1.98. The molecule has 0 radical (unpaired) electrons. The van der Waals surface area contributed by atoms with Gasteiger partial charge in [-0.25, -0.2) is 0 Å². The Bertz CT molecular complexity index is 89.1. The summed E-state index contributed by atoms with van der Waals surface area (Å²) in [4.78, 5) is 0. The van der Waals surface area contributed by atoms with Crippen molar-refractivity contribution in [1.82, 2.24) is 5.32 Å². The Labute approximate surface area is 65.8 Å². The Kier molecular flexibility index (Phi) is 2.73. The molecule has 9 heavy (non-hydrogen) atoms. The van der Waals surface area contributed by atoms with Gasteiger partial charge >= 0.3 is 0 Å². The molecule has 0 unspecified atom stereocenters. The Morgan fingerprint density at radius 3 is 2.33 bits per heavy atom. The summed E-state index contributed by atoms with van der Waals surface area (Å²) in [7, 11) is 1.70. The largest absolute Gasteiger partial charge is 0.317 e. The predicted molar refractivity (Wildman–Crippen MR) is 47.1 cm³/mol. The van der Waals surface area contributed by atoms with E-state index < -0.39 is 0 Å². The smallest absolute Gasteiger partial charge is 0.0257 e. The van der Waals surface area contributed by atoms with Gasteiger partial charge in [0.05, 0.1) is 0 Å². The van der Waals surface area contributed by atoms with E-state index in [4.69, 9.17) is 0 Å². The van der Waals surface area contributed by atoms with Crippen LogP contribution in [-0.4, -0.2) is 17.8 Å². The highest BCUT2D eigenvalue weighted by Crippen LogP contribution is 2.35. The molecule has 1 nitrogen and oxygen atoms in total. The van der Waals surface area contributed by atoms with Gasteiger partial charge in [0.2, 0.25) is 0 Å². The van der Waals surface area contributed by atoms with Crippen LogP contribution in [0.1, 0.15) is 19.8 Å². The van der Waals surface area contributed by atoms with Crippen LogP contribution < -0.4 is 5.32 Å². The molecule has 1 aliphatic rings. The van der Waals surface area contributed by atoms with Crippen LogP contribution in [0.2, 0.25) is 0 Å². The van der Waals surface area contributed by atoms with E-state index in [1.165, 1.54) is 12.8 Å². The molecule has 1 saturated heterocycles. The molecule has 1 aliphatic heterocycles. The first-order chi connectivity index (χ1) is 4.27. The van der Waals surface area contributed by atoms with E-state index in [2.05, 4.69) is 23.9 Å². The minimum atomic E-state index is 0.439. The average molecular weight is 163 g/mol. The number of hydrogen-bond donors (Lipinski definition) is 2. The number of nitrogens with one attached hydrogen (secondary N) is 1. The summed E-state index contributed by atoms with van der Waals surface area (Å²) in [6.45, 7) is 4.60. The van der Waals surface area contributed by atoms with Gasteiger partial charge in [-0.1, -0.05) is 10.8 Å². The number of rotatable bonds is 1. The van der Waals surface area contributed by atoms with Crippen molar-refractivity contribution >= 4 is 22.5 Å². The molecule has 1 fully saturated rings. The molecule has 0 aromatic rings. The average Bonchev–Trinajstić information content (AvgIpc) is 1.90. The van der Waals surface area contributed by atoms with Crippen LogP contribution in [0.5, 0.6) is 0 Å². The van der Waals surface area contributed by atoms with Gasteiger partial charge in [-0.05, 0) is 32.9 Å². The van der Waals surface area contributed by atoms with Crippen molar-refractivity contribution in [3.8, 4) is 0 Å². The number of piperidine rings is 1. The van der Waals surface area contributed by atoms with E-state index in [9.17, 15) is 0 Å². The van der Waals surface area contributed by atoms with Crippen molar-refractivity contribution in [3.63, 3.8) is 0 Å². The molecule has 1 rings (SSSR count). The summed E-state index contributed by atoms with van der Waals surface area (Å²) in [5.41, 5.74) is 0. The second kappa shape index (κ2) is 3.17. The van der Waals surface area contributed by atoms with Crippen LogP contribution in [-0.2, 0) is 0 Å². The first kappa shape index (κ1) is 7.76. The first-order valence-corrected chi connectivity index (χ1v) is 5.17. The third-order valence-electron chi connectivity index (χ3n) is 1.88. The maximum absolute atomic E-state index is 4.24. The summed E-state index contributed by atoms with van der Waals surface area (Å²) in [6, 6.07) is 0. The Morgan fingerprint density at radius 2 is 2.00 bits per heavy atom. The molecule has 3 heteroatoms. The van der Waals surface area contributed by atoms with Crippen molar-refractivity contribution in [2.24, 2.45) is 0 Å². The van der Waals surface area contributed by atoms with Crippen LogP contribution >= 0.6 is 22.5 Å². The molecule has 0 aliphatic carbocycles. The second-order valence-electron chi connectivity index (χ2n) is 2.79. The third-order valence-corrected chi connectivity index (χ3v) is 4.05. The van der Waals surface area contributed by atoms with Crippen LogP contribution in [0.3, 0.4) is 0 Å². The lowest BCUT2D eigenvalue weighted by molar-refractivity contribution is 0.441. The van der Waals surface area contributed by atoms with E-state index in [-0.39, 0.29) is 0 Å². The van der Waals surface area contributed by atoms with Crippen LogP contribution in [0, 0.1) is 0 Å². The molecule has 1 heterocycles. The molecule has 0 saturated carbocycles. The van der Waals surface area contributed by atoms with Gasteiger partial charge in [-0.3, -0.25) is 0 Å². The van der Waals surface area contributed by atoms with Gasteiger partial charge < -0.3 is 5.32 Å². The first-order valence-electron chi connectivity index (χ1n) is 3.30. The van der Waals surface area contributed by atoms with Crippen LogP contribution in [0.4, 0.5) is 0 Å². The predicted octanol–water partition coefficient (Wildman–Crippen LogP) is 1.71. The van der Waals surface area contributed by atoms with Crippen molar-refractivity contribution in [1.29, 1.82) is 0 Å². The SMILES string of the molecule is CC1(SS)CCNCC1. The number of thiol groups is 1. The maximum Gasteiger partial charge on any atom is 0.0257 e. The fraction of sp³-hybridized carbons (Fsp3) is 1.00. The minimum Gasteiger partial charge on any atom is -0.317 e. The summed E-state index contributed by atoms with van der Waals surface area (Å²) >= 11 is 4.24. The lowest BCUT2D eigenvalue weighted by atomic mass is 10.00. The minimum absolute atomic E-state index is 0.439. The van der Waals surface area contributed by atoms with E-state index in [1.54, 1.807) is 10.8 Å². The number of hydrogen-bond acceptors (Lipinski definition) is 3. The molecule has 0 atom stereocenters. The summed E-state index contributed by atoms with van der Waals surface area (Å²) in [6.07, 6.45) is 2.50. The Balaban J connectivity index is 2.37. The van der Waals surface area contributed by atoms with E-state index >= 15 is 0 Å². The zero-order valence-electron chi connectivity index (χ0n) is 5.68. The molecule has 0 bridgehead atoms. The summed E-state index contributed by atoms with van der Waals surface area (Å²) < 4.78 is 0.439. The normalized spacial score (nSPS) is 26.0. The fourth-order valence-electron chi connectivity index (χ4n) is 1.05. The molecular formula is C6H13NS2. The zero-order valence-corrected chi connectivity index (χ0v) is 7.39. The molecule has 1 N–H and O–H groups in total. The van der Waals surface area contributed by atoms with Gasteiger partial charge in [-0.15, -0.1) is 11.7 Å². The summed E-state index contributed by atoms with van der Waals surface area (Å²) in [5, 5.41) is 3.33. The van der Waals surface area contributed by atoms with Crippen LogP contribution in [0.15, 0.2) is 0 Å². The molecule has 0 aromatic carbocycles. The highest BCUT2D eigenvalue weighted by molar-refractivity contribution is 8.69. The zero-order chi connectivity index (χ0) is 6.74. The lowest BCUT2D eigenvalue weighted by Gasteiger charge is -2.31. The van der Waals surface area contributed by atoms with Gasteiger partial charge in [0.15, 0.2) is 0 Å². The molecular weight excluding hydrogens is 150 g/mol. The highest BCUT2D eigenvalue weighted by Gasteiger charge is 2.25. The van der Waals surface area contributed by atoms with Crippen molar-refractivity contribution in [2.45, 2.75) is 24.5 Å². The molecule has 0 spiro atoms. The van der Waals surface area contributed by atoms with Crippen LogP contribution in [0.25, 0.3) is 0 Å². The monoisotopic (exact) mass is 163 g/mol. The van der Waals surface area contributed by atoms with E-state index in [0.717, 1.165) is 13.1 Å². The van der Waals surface area contributed by atoms with Crippen molar-refractivity contribution in [3.05, 3.63) is 0 Å². The quantitative estimate of drug-likeness (QED) is 0.451. The summed E-state index contributed by atoms with van der Waals surface area (Å²) in [5.74, 6) is 0. The second-order valence-corrected chi connectivity index (χ2v) is 4.51. The van der Waals surface area contributed by atoms with Gasteiger partial charge in [-0.2, -0.15) is 0 Å². The Morgan fingerprint density at radius 1 is 1.44 bits per heavy atom. The van der Waals surface area contributed by atoms with Crippen molar-refractivity contribution < 1.29 is 0 Å². The highest BCUT2D eigenvalue weighted by atomic mass is 33.1. The van der Waals surface area contributed by atoms with Gasteiger partial charge in [0, 0.05) is 4.75 Å². The standard InChI is InChI=1S/C6H13NS2/c1-6(9-8)2-4-7-5-3-6/h7-8H,2-5H2,1H3. The lowest BCUT2D eigenvalue weighted by Crippen LogP contribution is -2.36. The maximum atomic E-state index is 4.24. The Hall–Kier alpha value is 0.660. The van der Waals surface area contributed by atoms with Crippen molar-refractivity contribution in [2.75, 3.05) is 13.1 Å². The van der Waals surface area contributed by atoms with E-state index in [0.29, 0.717) is 4.75 Å². The van der Waals surface area contributed by atoms with E-state index in [1.807, 2.05) is 0 Å². The third kappa shape index (κ3) is 2.06. The topological polar surface area (TPSA) is 12.0 Å². The molecule has 54 valence electrons. The molecule has 0 amide bonds. The van der Waals surface area contributed by atoms with Gasteiger partial charge in [0.1, 0.15) is 0 Å². The van der Waals surface area contributed by atoms with Gasteiger partial charge in [0.25, 0.3) is 0 Å². The molecule has 0 aromatic heterocycles.